The van der Waals surface area contributed by atoms with Crippen LogP contribution in [0.5, 0.6) is 0 Å². The van der Waals surface area contributed by atoms with Crippen molar-refractivity contribution in [3.8, 4) is 5.69 Å². The van der Waals surface area contributed by atoms with Gasteiger partial charge in [0.15, 0.2) is 5.96 Å². The van der Waals surface area contributed by atoms with Crippen molar-refractivity contribution in [1.82, 2.24) is 20.4 Å². The molecule has 0 saturated heterocycles. The van der Waals surface area contributed by atoms with Gasteiger partial charge in [-0.1, -0.05) is 12.1 Å². The van der Waals surface area contributed by atoms with Crippen molar-refractivity contribution in [2.24, 2.45) is 4.99 Å². The van der Waals surface area contributed by atoms with Crippen LogP contribution in [0.25, 0.3) is 5.69 Å². The Kier molecular flexibility index (Phi) is 7.00. The molecule has 2 N–H and O–H groups in total. The number of hydrogen-bond acceptors (Lipinski definition) is 3. The number of benzene rings is 1. The molecule has 0 bridgehead atoms. The maximum atomic E-state index is 4.29. The molecular formula is C17H25N5S. The topological polar surface area (TPSA) is 54.2 Å². The molecule has 1 heterocycles. The van der Waals surface area contributed by atoms with E-state index in [1.807, 2.05) is 28.7 Å². The third-order valence-electron chi connectivity index (χ3n) is 3.53. The second kappa shape index (κ2) is 9.25. The van der Waals surface area contributed by atoms with E-state index < -0.39 is 0 Å². The Hall–Kier alpha value is -1.95. The predicted octanol–water partition coefficient (Wildman–Crippen LogP) is 2.85. The lowest BCUT2D eigenvalue weighted by molar-refractivity contribution is 0.681. The van der Waals surface area contributed by atoms with Crippen molar-refractivity contribution in [2.45, 2.75) is 19.4 Å². The fraction of sp³-hybridized carbons (Fsp3) is 0.412. The zero-order chi connectivity index (χ0) is 16.5. The van der Waals surface area contributed by atoms with E-state index in [4.69, 9.17) is 0 Å². The number of hydrogen-bond donors (Lipinski definition) is 2. The number of nitrogens with one attached hydrogen (secondary N) is 2. The van der Waals surface area contributed by atoms with Crippen LogP contribution >= 0.6 is 11.8 Å². The van der Waals surface area contributed by atoms with Crippen molar-refractivity contribution >= 4 is 17.7 Å². The molecule has 0 aliphatic carbocycles. The molecule has 5 nitrogen and oxygen atoms in total. The first-order chi connectivity index (χ1) is 11.2. The van der Waals surface area contributed by atoms with Crippen LogP contribution in [-0.2, 0) is 0 Å². The molecule has 1 aromatic carbocycles. The molecule has 0 aliphatic rings. The number of rotatable bonds is 7. The Balaban J connectivity index is 1.97. The highest BCUT2D eigenvalue weighted by atomic mass is 32.2. The number of nitrogens with zero attached hydrogens (tertiary/aromatic N) is 3. The number of thioether (sulfide) groups is 1. The van der Waals surface area contributed by atoms with Gasteiger partial charge in [-0.25, -0.2) is 4.68 Å². The maximum Gasteiger partial charge on any atom is 0.191 e. The molecular weight excluding hydrogens is 306 g/mol. The first kappa shape index (κ1) is 17.4. The van der Waals surface area contributed by atoms with Crippen molar-refractivity contribution in [3.63, 3.8) is 0 Å². The zero-order valence-electron chi connectivity index (χ0n) is 14.0. The standard InChI is InChI=1S/C17H25N5S/c1-14(21-17(18-2)19-9-6-12-23-3)15-7-4-8-16(13-15)22-11-5-10-20-22/h4-5,7-8,10-11,13-14H,6,9,12H2,1-3H3,(H2,18,19,21). The van der Waals surface area contributed by atoms with Crippen molar-refractivity contribution in [2.75, 3.05) is 25.6 Å². The van der Waals surface area contributed by atoms with Crippen LogP contribution in [0, 0.1) is 0 Å². The summed E-state index contributed by atoms with van der Waals surface area (Å²) in [5.41, 5.74) is 2.26. The van der Waals surface area contributed by atoms with Gasteiger partial charge >= 0.3 is 0 Å². The number of aromatic nitrogens is 2. The molecule has 0 radical (unpaired) electrons. The molecule has 0 fully saturated rings. The summed E-state index contributed by atoms with van der Waals surface area (Å²) in [6.07, 6.45) is 6.99. The van der Waals surface area contributed by atoms with E-state index in [0.29, 0.717) is 0 Å². The molecule has 1 unspecified atom stereocenters. The molecule has 0 amide bonds. The normalized spacial score (nSPS) is 12.9. The zero-order valence-corrected chi connectivity index (χ0v) is 14.8. The lowest BCUT2D eigenvalue weighted by Crippen LogP contribution is -2.39. The van der Waals surface area contributed by atoms with E-state index in [1.54, 1.807) is 13.2 Å². The van der Waals surface area contributed by atoms with E-state index in [-0.39, 0.29) is 6.04 Å². The molecule has 1 atom stereocenters. The Morgan fingerprint density at radius 1 is 1.39 bits per heavy atom. The van der Waals surface area contributed by atoms with E-state index in [9.17, 15) is 0 Å². The van der Waals surface area contributed by atoms with Gasteiger partial charge in [0.1, 0.15) is 0 Å². The minimum absolute atomic E-state index is 0.164. The van der Waals surface area contributed by atoms with Crippen molar-refractivity contribution in [3.05, 3.63) is 48.3 Å². The first-order valence-corrected chi connectivity index (χ1v) is 9.20. The molecule has 23 heavy (non-hydrogen) atoms. The molecule has 1 aromatic heterocycles. The van der Waals surface area contributed by atoms with Crippen LogP contribution in [-0.4, -0.2) is 41.3 Å². The second-order valence-corrected chi connectivity index (χ2v) is 6.24. The van der Waals surface area contributed by atoms with Gasteiger partial charge in [0.25, 0.3) is 0 Å². The van der Waals surface area contributed by atoms with Gasteiger partial charge < -0.3 is 10.6 Å². The van der Waals surface area contributed by atoms with E-state index in [1.165, 1.54) is 5.56 Å². The molecule has 6 heteroatoms. The fourth-order valence-corrected chi connectivity index (χ4v) is 2.70. The van der Waals surface area contributed by atoms with Crippen LogP contribution in [0.3, 0.4) is 0 Å². The average molecular weight is 331 g/mol. The highest BCUT2D eigenvalue weighted by Gasteiger charge is 2.09. The van der Waals surface area contributed by atoms with Gasteiger partial charge in [-0.3, -0.25) is 4.99 Å². The smallest absolute Gasteiger partial charge is 0.191 e. The quantitative estimate of drug-likeness (QED) is 0.465. The van der Waals surface area contributed by atoms with E-state index >= 15 is 0 Å². The highest BCUT2D eigenvalue weighted by molar-refractivity contribution is 7.98. The fourth-order valence-electron chi connectivity index (χ4n) is 2.26. The second-order valence-electron chi connectivity index (χ2n) is 5.26. The van der Waals surface area contributed by atoms with E-state index in [2.05, 4.69) is 58.2 Å². The van der Waals surface area contributed by atoms with Crippen molar-refractivity contribution in [1.29, 1.82) is 0 Å². The molecule has 0 aliphatic heterocycles. The highest BCUT2D eigenvalue weighted by Crippen LogP contribution is 2.16. The van der Waals surface area contributed by atoms with Crippen LogP contribution in [0.15, 0.2) is 47.7 Å². The third kappa shape index (κ3) is 5.32. The monoisotopic (exact) mass is 331 g/mol. The SMILES string of the molecule is CN=C(NCCCSC)NC(C)c1cccc(-n2cccn2)c1. The van der Waals surface area contributed by atoms with Crippen LogP contribution in [0.4, 0.5) is 0 Å². The summed E-state index contributed by atoms with van der Waals surface area (Å²) in [6.45, 7) is 3.07. The van der Waals surface area contributed by atoms with Crippen LogP contribution < -0.4 is 10.6 Å². The summed E-state index contributed by atoms with van der Waals surface area (Å²) in [6, 6.07) is 10.5. The Morgan fingerprint density at radius 2 is 2.26 bits per heavy atom. The molecule has 0 spiro atoms. The number of guanidine groups is 1. The molecule has 2 aromatic rings. The van der Waals surface area contributed by atoms with Gasteiger partial charge in [0.05, 0.1) is 11.7 Å². The van der Waals surface area contributed by atoms with Crippen molar-refractivity contribution < 1.29 is 0 Å². The number of aliphatic imine (C=N–C) groups is 1. The molecule has 124 valence electrons. The molecule has 0 saturated carbocycles. The Labute approximate surface area is 142 Å². The minimum Gasteiger partial charge on any atom is -0.356 e. The lowest BCUT2D eigenvalue weighted by atomic mass is 10.1. The first-order valence-electron chi connectivity index (χ1n) is 7.80. The average Bonchev–Trinajstić information content (AvgIpc) is 3.12. The Morgan fingerprint density at radius 3 is 2.96 bits per heavy atom. The summed E-state index contributed by atoms with van der Waals surface area (Å²) in [7, 11) is 1.80. The van der Waals surface area contributed by atoms with Crippen LogP contribution in [0.2, 0.25) is 0 Å². The van der Waals surface area contributed by atoms with Crippen LogP contribution in [0.1, 0.15) is 24.9 Å². The summed E-state index contributed by atoms with van der Waals surface area (Å²) in [5, 5.41) is 11.1. The summed E-state index contributed by atoms with van der Waals surface area (Å²) in [5.74, 6) is 1.99. The van der Waals surface area contributed by atoms with Gasteiger partial charge in [-0.2, -0.15) is 16.9 Å². The Bertz CT molecular complexity index is 609. The summed E-state index contributed by atoms with van der Waals surface area (Å²) in [4.78, 5) is 4.29. The van der Waals surface area contributed by atoms with Gasteiger partial charge in [0, 0.05) is 26.0 Å². The summed E-state index contributed by atoms with van der Waals surface area (Å²) >= 11 is 1.86. The van der Waals surface area contributed by atoms with Gasteiger partial charge in [0.2, 0.25) is 0 Å². The lowest BCUT2D eigenvalue weighted by Gasteiger charge is -2.19. The molecule has 2 rings (SSSR count). The maximum absolute atomic E-state index is 4.29. The van der Waals surface area contributed by atoms with Gasteiger partial charge in [-0.05, 0) is 49.1 Å². The summed E-state index contributed by atoms with van der Waals surface area (Å²) < 4.78 is 1.87. The predicted molar refractivity (Wildman–Crippen MR) is 99.5 cm³/mol. The van der Waals surface area contributed by atoms with E-state index in [0.717, 1.165) is 30.4 Å². The minimum atomic E-state index is 0.164. The van der Waals surface area contributed by atoms with Gasteiger partial charge in [-0.15, -0.1) is 0 Å². The largest absolute Gasteiger partial charge is 0.356 e. The third-order valence-corrected chi connectivity index (χ3v) is 4.23.